The van der Waals surface area contributed by atoms with Crippen molar-refractivity contribution in [3.63, 3.8) is 0 Å². The summed E-state index contributed by atoms with van der Waals surface area (Å²) in [7, 11) is -3.43. The lowest BCUT2D eigenvalue weighted by atomic mass is 10.2. The van der Waals surface area contributed by atoms with E-state index in [9.17, 15) is 13.2 Å². The van der Waals surface area contributed by atoms with E-state index < -0.39 is 27.2 Å². The molecule has 0 aromatic rings. The lowest BCUT2D eigenvalue weighted by molar-refractivity contribution is -0.151. The molecule has 0 aromatic carbocycles. The van der Waals surface area contributed by atoms with Crippen molar-refractivity contribution in [2.45, 2.75) is 59.1 Å². The van der Waals surface area contributed by atoms with Gasteiger partial charge in [-0.15, -0.1) is 0 Å². The zero-order valence-corrected chi connectivity index (χ0v) is 13.5. The molecule has 1 atom stereocenters. The first-order valence-electron chi connectivity index (χ1n) is 6.75. The van der Waals surface area contributed by atoms with Gasteiger partial charge in [0.15, 0.2) is 9.84 Å². The predicted molar refractivity (Wildman–Crippen MR) is 76.9 cm³/mol. The Kier molecular flexibility index (Phi) is 7.59. The summed E-state index contributed by atoms with van der Waals surface area (Å²) in [5.74, 6) is -1.25. The van der Waals surface area contributed by atoms with Gasteiger partial charge in [0.25, 0.3) is 0 Å². The molecular weight excluding hydrogens is 266 g/mol. The van der Waals surface area contributed by atoms with Crippen molar-refractivity contribution in [1.29, 1.82) is 0 Å². The molecule has 0 aliphatic carbocycles. The van der Waals surface area contributed by atoms with E-state index in [0.29, 0.717) is 6.42 Å². The van der Waals surface area contributed by atoms with Crippen molar-refractivity contribution in [3.8, 4) is 0 Å². The number of carbonyl (C=O) groups is 1. The number of esters is 1. The van der Waals surface area contributed by atoms with Gasteiger partial charge in [-0.2, -0.15) is 0 Å². The summed E-state index contributed by atoms with van der Waals surface area (Å²) in [6, 6.07) is -0.104. The topological polar surface area (TPSA) is 72.5 Å². The Morgan fingerprint density at radius 3 is 2.26 bits per heavy atom. The second-order valence-corrected chi connectivity index (χ2v) is 7.81. The van der Waals surface area contributed by atoms with Gasteiger partial charge in [0.05, 0.1) is 5.75 Å². The number of hydrogen-bond acceptors (Lipinski definition) is 5. The number of rotatable bonds is 8. The van der Waals surface area contributed by atoms with Crippen LogP contribution in [0, 0.1) is 0 Å². The molecular formula is C13H27NO4S. The van der Waals surface area contributed by atoms with Crippen molar-refractivity contribution >= 4 is 15.8 Å². The third-order valence-electron chi connectivity index (χ3n) is 2.39. The van der Waals surface area contributed by atoms with Gasteiger partial charge in [-0.05, 0) is 40.2 Å². The second kappa shape index (κ2) is 7.85. The Labute approximate surface area is 117 Å². The van der Waals surface area contributed by atoms with E-state index in [1.807, 2.05) is 13.8 Å². The number of hydrogen-bond donors (Lipinski definition) is 1. The molecule has 19 heavy (non-hydrogen) atoms. The maximum atomic E-state index is 11.9. The molecule has 1 unspecified atom stereocenters. The molecule has 0 spiro atoms. The van der Waals surface area contributed by atoms with Gasteiger partial charge in [0, 0.05) is 6.04 Å². The molecule has 114 valence electrons. The van der Waals surface area contributed by atoms with Crippen LogP contribution in [0.1, 0.15) is 47.5 Å². The zero-order chi connectivity index (χ0) is 15.1. The highest BCUT2D eigenvalue weighted by atomic mass is 32.2. The van der Waals surface area contributed by atoms with Crippen LogP contribution in [-0.4, -0.2) is 44.1 Å². The van der Waals surface area contributed by atoms with Gasteiger partial charge in [0.1, 0.15) is 11.4 Å². The van der Waals surface area contributed by atoms with Crippen LogP contribution >= 0.6 is 0 Å². The molecule has 0 rings (SSSR count). The third-order valence-corrected chi connectivity index (χ3v) is 3.97. The molecule has 6 heteroatoms. The minimum atomic E-state index is -3.43. The van der Waals surface area contributed by atoms with Crippen molar-refractivity contribution in [2.75, 3.05) is 18.1 Å². The van der Waals surface area contributed by atoms with Crippen LogP contribution in [0.25, 0.3) is 0 Å². The summed E-state index contributed by atoms with van der Waals surface area (Å²) in [5.41, 5.74) is -0.656. The smallest absolute Gasteiger partial charge is 0.321 e. The molecule has 1 N–H and O–H groups in total. The van der Waals surface area contributed by atoms with Crippen LogP contribution in [0.3, 0.4) is 0 Å². The van der Waals surface area contributed by atoms with Crippen molar-refractivity contribution < 1.29 is 17.9 Å². The van der Waals surface area contributed by atoms with Crippen LogP contribution in [0.15, 0.2) is 0 Å². The van der Waals surface area contributed by atoms with E-state index in [1.165, 1.54) is 0 Å². The zero-order valence-electron chi connectivity index (χ0n) is 12.7. The molecule has 0 bridgehead atoms. The van der Waals surface area contributed by atoms with Crippen LogP contribution < -0.4 is 5.32 Å². The van der Waals surface area contributed by atoms with Gasteiger partial charge in [-0.3, -0.25) is 4.79 Å². The minimum absolute atomic E-state index is 0.0251. The number of nitrogens with one attached hydrogen (secondary N) is 1. The molecule has 0 fully saturated rings. The van der Waals surface area contributed by atoms with E-state index >= 15 is 0 Å². The molecule has 0 amide bonds. The Morgan fingerprint density at radius 2 is 1.84 bits per heavy atom. The van der Waals surface area contributed by atoms with Crippen LogP contribution in [-0.2, 0) is 19.4 Å². The highest BCUT2D eigenvalue weighted by Gasteiger charge is 2.25. The molecule has 0 saturated heterocycles. The van der Waals surface area contributed by atoms with Gasteiger partial charge >= 0.3 is 5.97 Å². The maximum absolute atomic E-state index is 11.9. The van der Waals surface area contributed by atoms with Gasteiger partial charge in [0.2, 0.25) is 0 Å². The second-order valence-electron chi connectivity index (χ2n) is 5.70. The summed E-state index contributed by atoms with van der Waals surface area (Å²) < 4.78 is 28.9. The highest BCUT2D eigenvalue weighted by molar-refractivity contribution is 7.92. The Balaban J connectivity index is 4.42. The first-order chi connectivity index (χ1) is 8.59. The lowest BCUT2D eigenvalue weighted by Crippen LogP contribution is -2.38. The lowest BCUT2D eigenvalue weighted by Gasteiger charge is -2.20. The summed E-state index contributed by atoms with van der Waals surface area (Å²) in [6.45, 7) is 9.88. The molecule has 5 nitrogen and oxygen atoms in total. The first-order valence-corrected chi connectivity index (χ1v) is 8.57. The SMILES string of the molecule is CCCNC(CC)CS(=O)(=O)CC(=O)OC(C)(C)C. The fourth-order valence-electron chi connectivity index (χ4n) is 1.59. The molecule has 0 aromatic heterocycles. The van der Waals surface area contributed by atoms with E-state index in [1.54, 1.807) is 20.8 Å². The summed E-state index contributed by atoms with van der Waals surface area (Å²) in [4.78, 5) is 11.5. The predicted octanol–water partition coefficient (Wildman–Crippen LogP) is 1.52. The van der Waals surface area contributed by atoms with E-state index in [4.69, 9.17) is 4.74 Å². The van der Waals surface area contributed by atoms with Crippen LogP contribution in [0.4, 0.5) is 0 Å². The summed E-state index contributed by atoms with van der Waals surface area (Å²) in [6.07, 6.45) is 1.66. The largest absolute Gasteiger partial charge is 0.459 e. The normalized spacial score (nSPS) is 14.2. The Morgan fingerprint density at radius 1 is 1.26 bits per heavy atom. The number of sulfone groups is 1. The monoisotopic (exact) mass is 293 g/mol. The van der Waals surface area contributed by atoms with Crippen LogP contribution in [0.5, 0.6) is 0 Å². The van der Waals surface area contributed by atoms with Crippen LogP contribution in [0.2, 0.25) is 0 Å². The molecule has 0 heterocycles. The van der Waals surface area contributed by atoms with Crippen molar-refractivity contribution in [3.05, 3.63) is 0 Å². The molecule has 0 saturated carbocycles. The van der Waals surface area contributed by atoms with Crippen molar-refractivity contribution in [1.82, 2.24) is 5.32 Å². The Hall–Kier alpha value is -0.620. The maximum Gasteiger partial charge on any atom is 0.321 e. The molecule has 0 aliphatic heterocycles. The fraction of sp³-hybridized carbons (Fsp3) is 0.923. The first kappa shape index (κ1) is 18.4. The fourth-order valence-corrected chi connectivity index (χ4v) is 3.09. The molecule has 0 radical (unpaired) electrons. The van der Waals surface area contributed by atoms with Crippen molar-refractivity contribution in [2.24, 2.45) is 0 Å². The third kappa shape index (κ3) is 9.90. The molecule has 0 aliphatic rings. The average molecular weight is 293 g/mol. The van der Waals surface area contributed by atoms with E-state index in [2.05, 4.69) is 5.32 Å². The summed E-state index contributed by atoms with van der Waals surface area (Å²) >= 11 is 0. The minimum Gasteiger partial charge on any atom is -0.459 e. The quantitative estimate of drug-likeness (QED) is 0.687. The Bertz CT molecular complexity index is 371. The van der Waals surface area contributed by atoms with Gasteiger partial charge < -0.3 is 10.1 Å². The average Bonchev–Trinajstić information content (AvgIpc) is 2.20. The summed E-state index contributed by atoms with van der Waals surface area (Å²) in [5, 5.41) is 3.17. The van der Waals surface area contributed by atoms with Gasteiger partial charge in [-0.1, -0.05) is 13.8 Å². The van der Waals surface area contributed by atoms with E-state index in [0.717, 1.165) is 13.0 Å². The van der Waals surface area contributed by atoms with Gasteiger partial charge in [-0.25, -0.2) is 8.42 Å². The number of ether oxygens (including phenoxy) is 1. The highest BCUT2D eigenvalue weighted by Crippen LogP contribution is 2.08. The number of carbonyl (C=O) groups excluding carboxylic acids is 1. The standard InChI is InChI=1S/C13H27NO4S/c1-6-8-14-11(7-2)9-19(16,17)10-12(15)18-13(3,4)5/h11,14H,6-10H2,1-5H3. The van der Waals surface area contributed by atoms with E-state index in [-0.39, 0.29) is 11.8 Å².